The largest absolute Gasteiger partial charge is 0.756 e. The third-order valence-electron chi connectivity index (χ3n) is 4.81. The molecule has 2 saturated heterocycles. The number of aliphatic hydroxyl groups excluding tert-OH is 1. The minimum atomic E-state index is -4.69. The predicted octanol–water partition coefficient (Wildman–Crippen LogP) is 1.95. The number of phosphoric ester groups is 1. The van der Waals surface area contributed by atoms with Crippen LogP contribution < -0.4 is 4.89 Å². The first kappa shape index (κ1) is 28.6. The van der Waals surface area contributed by atoms with Crippen LogP contribution in [0.15, 0.2) is 0 Å². The Morgan fingerprint density at radius 1 is 1.20 bits per heavy atom. The van der Waals surface area contributed by atoms with E-state index >= 15 is 0 Å². The SMILES string of the molecule is CC(C)OC[C@@]1(CO)O[C@@H](C)C[C@H]1OP(=O)([O-])OC[C-]1O[C@@H](C)C[C@H]1OC(C)C.[W]. The van der Waals surface area contributed by atoms with Crippen molar-refractivity contribution in [3.8, 4) is 0 Å². The minimum Gasteiger partial charge on any atom is -0.756 e. The first-order valence-corrected chi connectivity index (χ1v) is 11.6. The van der Waals surface area contributed by atoms with Gasteiger partial charge in [-0.2, -0.15) is 0 Å². The van der Waals surface area contributed by atoms with Gasteiger partial charge in [0.2, 0.25) is 0 Å². The Bertz CT molecular complexity index is 564. The van der Waals surface area contributed by atoms with Crippen LogP contribution in [0.3, 0.4) is 0 Å². The molecule has 2 heterocycles. The maximum absolute atomic E-state index is 12.5. The molecule has 0 amide bonds. The molecular weight excluding hydrogens is 587 g/mol. The maximum Gasteiger partial charge on any atom is 0.265 e. The van der Waals surface area contributed by atoms with Gasteiger partial charge < -0.3 is 38.0 Å². The van der Waals surface area contributed by atoms with E-state index in [-0.39, 0.29) is 64.8 Å². The summed E-state index contributed by atoms with van der Waals surface area (Å²) < 4.78 is 45.7. The van der Waals surface area contributed by atoms with Crippen molar-refractivity contribution >= 4 is 7.82 Å². The number of aliphatic hydroxyl groups is 1. The fourth-order valence-electron chi connectivity index (χ4n) is 3.53. The van der Waals surface area contributed by atoms with Gasteiger partial charge in [0.25, 0.3) is 7.82 Å². The van der Waals surface area contributed by atoms with Crippen LogP contribution in [0.2, 0.25) is 0 Å². The Hall–Kier alpha value is 0.598. The van der Waals surface area contributed by atoms with Crippen molar-refractivity contribution in [2.75, 3.05) is 19.8 Å². The van der Waals surface area contributed by atoms with Gasteiger partial charge in [-0.05, 0) is 60.7 Å². The number of hydrogen-bond donors (Lipinski definition) is 1. The van der Waals surface area contributed by atoms with Gasteiger partial charge in [-0.15, -0.1) is 6.10 Å². The zero-order valence-corrected chi connectivity index (χ0v) is 22.4. The Morgan fingerprint density at radius 3 is 2.43 bits per heavy atom. The number of phosphoric acid groups is 1. The van der Waals surface area contributed by atoms with E-state index in [1.54, 1.807) is 6.92 Å². The van der Waals surface area contributed by atoms with Crippen LogP contribution in [0.1, 0.15) is 54.4 Å². The van der Waals surface area contributed by atoms with E-state index in [1.165, 1.54) is 0 Å². The molecule has 2 aliphatic rings. The minimum absolute atomic E-state index is 0. The van der Waals surface area contributed by atoms with Crippen molar-refractivity contribution in [1.82, 2.24) is 0 Å². The van der Waals surface area contributed by atoms with Crippen LogP contribution in [0.5, 0.6) is 0 Å². The molecule has 1 N–H and O–H groups in total. The number of ether oxygens (including phenoxy) is 4. The second kappa shape index (κ2) is 12.2. The third-order valence-corrected chi connectivity index (χ3v) is 5.77. The van der Waals surface area contributed by atoms with Crippen LogP contribution in [-0.2, 0) is 53.6 Å². The van der Waals surface area contributed by atoms with Crippen LogP contribution >= 0.6 is 7.82 Å². The molecule has 1 unspecified atom stereocenters. The van der Waals surface area contributed by atoms with Crippen molar-refractivity contribution in [1.29, 1.82) is 0 Å². The summed E-state index contributed by atoms with van der Waals surface area (Å²) in [7, 11) is -4.69. The van der Waals surface area contributed by atoms with E-state index in [0.717, 1.165) is 0 Å². The van der Waals surface area contributed by atoms with E-state index in [2.05, 4.69) is 0 Å². The second-order valence-electron chi connectivity index (χ2n) is 8.37. The summed E-state index contributed by atoms with van der Waals surface area (Å²) in [6.07, 6.45) is -0.388. The molecule has 178 valence electrons. The summed E-state index contributed by atoms with van der Waals surface area (Å²) in [6.45, 7) is 10.5. The van der Waals surface area contributed by atoms with Gasteiger partial charge in [0.1, 0.15) is 11.7 Å². The normalized spacial score (nSPS) is 34.5. The van der Waals surface area contributed by atoms with Crippen molar-refractivity contribution in [2.45, 2.75) is 96.6 Å². The predicted molar refractivity (Wildman–Crippen MR) is 103 cm³/mol. The van der Waals surface area contributed by atoms with E-state index in [0.29, 0.717) is 18.9 Å². The zero-order valence-electron chi connectivity index (χ0n) is 18.6. The topological polar surface area (TPSA) is 116 Å². The molecule has 0 aliphatic carbocycles. The fraction of sp³-hybridized carbons (Fsp3) is 0.947. The summed E-state index contributed by atoms with van der Waals surface area (Å²) in [5.74, 6) is 0. The van der Waals surface area contributed by atoms with Crippen molar-refractivity contribution < 1.29 is 63.6 Å². The molecule has 11 heteroatoms. The van der Waals surface area contributed by atoms with E-state index in [4.69, 9.17) is 28.0 Å². The number of rotatable bonds is 11. The summed E-state index contributed by atoms with van der Waals surface area (Å²) in [5, 5.41) is 9.91. The molecule has 2 rings (SSSR count). The van der Waals surface area contributed by atoms with Crippen LogP contribution in [0.25, 0.3) is 0 Å². The van der Waals surface area contributed by atoms with Crippen molar-refractivity contribution in [2.24, 2.45) is 0 Å². The van der Waals surface area contributed by atoms with Gasteiger partial charge >= 0.3 is 0 Å². The van der Waals surface area contributed by atoms with Gasteiger partial charge in [0.05, 0.1) is 25.4 Å². The van der Waals surface area contributed by atoms with Gasteiger partial charge in [0.15, 0.2) is 0 Å². The zero-order chi connectivity index (χ0) is 21.8. The molecule has 0 aromatic rings. The van der Waals surface area contributed by atoms with E-state index in [9.17, 15) is 14.6 Å². The van der Waals surface area contributed by atoms with E-state index in [1.807, 2.05) is 34.6 Å². The molecule has 0 spiro atoms. The Kier molecular flexibility index (Phi) is 11.6. The maximum atomic E-state index is 12.5. The van der Waals surface area contributed by atoms with Crippen LogP contribution in [0, 0.1) is 6.10 Å². The third kappa shape index (κ3) is 8.18. The van der Waals surface area contributed by atoms with Gasteiger partial charge in [0, 0.05) is 39.7 Å². The van der Waals surface area contributed by atoms with Gasteiger partial charge in [-0.1, -0.05) is 0 Å². The first-order chi connectivity index (χ1) is 13.5. The molecule has 6 atom stereocenters. The quantitative estimate of drug-likeness (QED) is 0.273. The van der Waals surface area contributed by atoms with Crippen LogP contribution in [0.4, 0.5) is 0 Å². The average Bonchev–Trinajstić information content (AvgIpc) is 3.09. The van der Waals surface area contributed by atoms with Gasteiger partial charge in [-0.3, -0.25) is 4.57 Å². The smallest absolute Gasteiger partial charge is 0.265 e. The molecule has 2 fully saturated rings. The first-order valence-electron chi connectivity index (χ1n) is 10.2. The Balaban J connectivity index is 0.00000450. The van der Waals surface area contributed by atoms with E-state index < -0.39 is 26.1 Å². The number of hydrogen-bond acceptors (Lipinski definition) is 9. The van der Waals surface area contributed by atoms with Crippen LogP contribution in [-0.4, -0.2) is 67.2 Å². The fourth-order valence-corrected chi connectivity index (χ4v) is 4.47. The average molecular weight is 622 g/mol. The molecule has 0 bridgehead atoms. The molecule has 0 aromatic heterocycles. The molecule has 0 radical (unpaired) electrons. The van der Waals surface area contributed by atoms with Crippen molar-refractivity contribution in [3.63, 3.8) is 0 Å². The van der Waals surface area contributed by atoms with Gasteiger partial charge in [-0.25, -0.2) is 0 Å². The standard InChI is InChI=1S/C19H36O9P.W/c1-12(2)23-11-19(10-20)18(8-15(6)27-19)28-29(21,22)24-9-17-16(25-13(3)4)7-14(5)26-17;/h12-16,18,20H,7-11H2,1-6H3,(H,21,22);/q-1;/p-1/t14-,15-,16+,18+,19+;/m0./s1. The molecule has 2 aliphatic heterocycles. The summed E-state index contributed by atoms with van der Waals surface area (Å²) in [4.78, 5) is 12.5. The molecule has 9 nitrogen and oxygen atoms in total. The molecule has 30 heavy (non-hydrogen) atoms. The molecule has 0 aromatic carbocycles. The Labute approximate surface area is 194 Å². The second-order valence-corrected chi connectivity index (χ2v) is 9.73. The summed E-state index contributed by atoms with van der Waals surface area (Å²) in [5.41, 5.74) is -1.26. The van der Waals surface area contributed by atoms with Crippen molar-refractivity contribution in [3.05, 3.63) is 6.10 Å². The molecule has 0 saturated carbocycles. The molecular formula is C19H35O9PW-2. The monoisotopic (exact) mass is 622 g/mol. The summed E-state index contributed by atoms with van der Waals surface area (Å²) >= 11 is 0. The Morgan fingerprint density at radius 2 is 1.87 bits per heavy atom. The summed E-state index contributed by atoms with van der Waals surface area (Å²) in [6, 6.07) is 0.